The second kappa shape index (κ2) is 5.91. The molecule has 0 fully saturated rings. The van der Waals surface area contributed by atoms with Gasteiger partial charge in [-0.1, -0.05) is 13.0 Å². The Bertz CT molecular complexity index is 344. The molecule has 0 aliphatic heterocycles. The van der Waals surface area contributed by atoms with Gasteiger partial charge in [0.2, 0.25) is 0 Å². The summed E-state index contributed by atoms with van der Waals surface area (Å²) in [7, 11) is 0. The molecule has 0 spiro atoms. The molecule has 0 atom stereocenters. The van der Waals surface area contributed by atoms with Crippen LogP contribution < -0.4 is 10.6 Å². The lowest BCUT2D eigenvalue weighted by Gasteiger charge is -2.24. The molecule has 2 nitrogen and oxygen atoms in total. The van der Waals surface area contributed by atoms with Gasteiger partial charge in [-0.05, 0) is 24.6 Å². The molecule has 96 valence electrons. The predicted octanol–water partition coefficient (Wildman–Crippen LogP) is 2.88. The summed E-state index contributed by atoms with van der Waals surface area (Å²) in [5.74, 6) is 0. The van der Waals surface area contributed by atoms with Crippen LogP contribution in [-0.2, 0) is 6.18 Å². The van der Waals surface area contributed by atoms with Gasteiger partial charge in [0.15, 0.2) is 0 Å². The van der Waals surface area contributed by atoms with E-state index >= 15 is 0 Å². The van der Waals surface area contributed by atoms with E-state index in [-0.39, 0.29) is 0 Å². The van der Waals surface area contributed by atoms with Crippen LogP contribution in [0.1, 0.15) is 18.9 Å². The number of halogens is 3. The van der Waals surface area contributed by atoms with Crippen LogP contribution in [0.25, 0.3) is 0 Å². The smallest absolute Gasteiger partial charge is 0.370 e. The fraction of sp³-hybridized carbons (Fsp3) is 0.500. The highest BCUT2D eigenvalue weighted by molar-refractivity contribution is 5.49. The first kappa shape index (κ1) is 13.8. The Morgan fingerprint density at radius 1 is 1.24 bits per heavy atom. The van der Waals surface area contributed by atoms with Crippen molar-refractivity contribution in [3.05, 3.63) is 29.8 Å². The van der Waals surface area contributed by atoms with Crippen molar-refractivity contribution in [1.82, 2.24) is 0 Å². The number of hydrogen-bond donors (Lipinski definition) is 1. The number of nitrogens with zero attached hydrogens (tertiary/aromatic N) is 1. The largest absolute Gasteiger partial charge is 0.416 e. The first-order valence-corrected chi connectivity index (χ1v) is 5.61. The molecule has 0 aromatic heterocycles. The summed E-state index contributed by atoms with van der Waals surface area (Å²) in [6.45, 7) is 3.68. The van der Waals surface area contributed by atoms with Crippen LogP contribution >= 0.6 is 0 Å². The topological polar surface area (TPSA) is 29.3 Å². The van der Waals surface area contributed by atoms with Crippen LogP contribution in [0.4, 0.5) is 18.9 Å². The molecule has 2 N–H and O–H groups in total. The molecule has 1 rings (SSSR count). The molecule has 0 radical (unpaired) electrons. The molecule has 5 heteroatoms. The van der Waals surface area contributed by atoms with E-state index in [9.17, 15) is 13.2 Å². The highest BCUT2D eigenvalue weighted by atomic mass is 19.4. The molecule has 0 aliphatic carbocycles. The van der Waals surface area contributed by atoms with E-state index in [1.54, 1.807) is 6.07 Å². The Kier molecular flexibility index (Phi) is 4.81. The lowest BCUT2D eigenvalue weighted by atomic mass is 10.1. The maximum Gasteiger partial charge on any atom is 0.416 e. The molecular weight excluding hydrogens is 229 g/mol. The SMILES string of the molecule is CCCN(CCN)c1cccc(C(F)(F)F)c1. The van der Waals surface area contributed by atoms with Gasteiger partial charge in [0.05, 0.1) is 5.56 Å². The van der Waals surface area contributed by atoms with E-state index in [2.05, 4.69) is 0 Å². The highest BCUT2D eigenvalue weighted by Crippen LogP contribution is 2.31. The second-order valence-corrected chi connectivity index (χ2v) is 3.82. The van der Waals surface area contributed by atoms with Gasteiger partial charge < -0.3 is 10.6 Å². The first-order chi connectivity index (χ1) is 7.99. The van der Waals surface area contributed by atoms with Crippen molar-refractivity contribution in [2.45, 2.75) is 19.5 Å². The molecule has 0 amide bonds. The minimum Gasteiger partial charge on any atom is -0.370 e. The van der Waals surface area contributed by atoms with Gasteiger partial charge in [-0.2, -0.15) is 13.2 Å². The molecule has 17 heavy (non-hydrogen) atoms. The number of rotatable bonds is 5. The summed E-state index contributed by atoms with van der Waals surface area (Å²) in [6.07, 6.45) is -3.42. The summed E-state index contributed by atoms with van der Waals surface area (Å²) in [5, 5.41) is 0. The zero-order valence-electron chi connectivity index (χ0n) is 9.80. The number of benzene rings is 1. The third-order valence-electron chi connectivity index (χ3n) is 2.43. The average molecular weight is 246 g/mol. The van der Waals surface area contributed by atoms with E-state index in [1.165, 1.54) is 12.1 Å². The van der Waals surface area contributed by atoms with Gasteiger partial charge in [-0.25, -0.2) is 0 Å². The number of hydrogen-bond acceptors (Lipinski definition) is 2. The van der Waals surface area contributed by atoms with Gasteiger partial charge in [-0.15, -0.1) is 0 Å². The molecule has 0 heterocycles. The Labute approximate surface area is 99.2 Å². The Morgan fingerprint density at radius 3 is 2.47 bits per heavy atom. The highest BCUT2D eigenvalue weighted by Gasteiger charge is 2.30. The molecule has 0 bridgehead atoms. The van der Waals surface area contributed by atoms with Crippen molar-refractivity contribution in [2.24, 2.45) is 5.73 Å². The molecular formula is C12H17F3N2. The van der Waals surface area contributed by atoms with Crippen LogP contribution in [0.5, 0.6) is 0 Å². The minimum atomic E-state index is -4.30. The van der Waals surface area contributed by atoms with E-state index in [4.69, 9.17) is 5.73 Å². The summed E-state index contributed by atoms with van der Waals surface area (Å²) >= 11 is 0. The normalized spacial score (nSPS) is 11.6. The predicted molar refractivity (Wildman–Crippen MR) is 63.0 cm³/mol. The fourth-order valence-corrected chi connectivity index (χ4v) is 1.67. The third-order valence-corrected chi connectivity index (χ3v) is 2.43. The fourth-order valence-electron chi connectivity index (χ4n) is 1.67. The number of anilines is 1. The van der Waals surface area contributed by atoms with Gasteiger partial charge in [0.25, 0.3) is 0 Å². The standard InChI is InChI=1S/C12H17F3N2/c1-2-7-17(8-6-16)11-5-3-4-10(9-11)12(13,14)15/h3-5,9H,2,6-8,16H2,1H3. The van der Waals surface area contributed by atoms with Crippen molar-refractivity contribution in [2.75, 3.05) is 24.5 Å². The monoisotopic (exact) mass is 246 g/mol. The van der Waals surface area contributed by atoms with Crippen molar-refractivity contribution >= 4 is 5.69 Å². The summed E-state index contributed by atoms with van der Waals surface area (Å²) in [6, 6.07) is 5.36. The summed E-state index contributed by atoms with van der Waals surface area (Å²) < 4.78 is 37.7. The summed E-state index contributed by atoms with van der Waals surface area (Å²) in [4.78, 5) is 1.87. The molecule has 0 aliphatic rings. The molecule has 0 saturated heterocycles. The minimum absolute atomic E-state index is 0.427. The van der Waals surface area contributed by atoms with Crippen molar-refractivity contribution in [3.8, 4) is 0 Å². The van der Waals surface area contributed by atoms with Crippen LogP contribution in [0.3, 0.4) is 0 Å². The molecule has 1 aromatic carbocycles. The lowest BCUT2D eigenvalue weighted by Crippen LogP contribution is -2.30. The molecule has 0 unspecified atom stereocenters. The maximum absolute atomic E-state index is 12.6. The Morgan fingerprint density at radius 2 is 1.94 bits per heavy atom. The van der Waals surface area contributed by atoms with E-state index in [1.807, 2.05) is 11.8 Å². The Balaban J connectivity index is 2.95. The van der Waals surface area contributed by atoms with E-state index < -0.39 is 11.7 Å². The van der Waals surface area contributed by atoms with Crippen molar-refractivity contribution in [3.63, 3.8) is 0 Å². The van der Waals surface area contributed by atoms with Crippen molar-refractivity contribution in [1.29, 1.82) is 0 Å². The summed E-state index contributed by atoms with van der Waals surface area (Å²) in [5.41, 5.74) is 5.42. The first-order valence-electron chi connectivity index (χ1n) is 5.61. The van der Waals surface area contributed by atoms with Gasteiger partial charge in [0, 0.05) is 25.3 Å². The van der Waals surface area contributed by atoms with Crippen LogP contribution in [0.2, 0.25) is 0 Å². The van der Waals surface area contributed by atoms with E-state index in [0.717, 1.165) is 12.5 Å². The second-order valence-electron chi connectivity index (χ2n) is 3.82. The zero-order valence-corrected chi connectivity index (χ0v) is 9.80. The molecule has 1 aromatic rings. The van der Waals surface area contributed by atoms with Crippen molar-refractivity contribution < 1.29 is 13.2 Å². The van der Waals surface area contributed by atoms with Crippen LogP contribution in [0, 0.1) is 0 Å². The lowest BCUT2D eigenvalue weighted by molar-refractivity contribution is -0.137. The van der Waals surface area contributed by atoms with E-state index in [0.29, 0.717) is 25.3 Å². The number of nitrogens with two attached hydrogens (primary N) is 1. The van der Waals surface area contributed by atoms with Crippen LogP contribution in [-0.4, -0.2) is 19.6 Å². The van der Waals surface area contributed by atoms with Gasteiger partial charge in [0.1, 0.15) is 0 Å². The number of alkyl halides is 3. The van der Waals surface area contributed by atoms with Gasteiger partial charge >= 0.3 is 6.18 Å². The van der Waals surface area contributed by atoms with Gasteiger partial charge in [-0.3, -0.25) is 0 Å². The Hall–Kier alpha value is -1.23. The average Bonchev–Trinajstić information content (AvgIpc) is 2.28. The molecule has 0 saturated carbocycles. The third kappa shape index (κ3) is 3.93. The zero-order chi connectivity index (χ0) is 12.9. The maximum atomic E-state index is 12.6. The van der Waals surface area contributed by atoms with Crippen LogP contribution in [0.15, 0.2) is 24.3 Å². The quantitative estimate of drug-likeness (QED) is 0.865.